The fourth-order valence-corrected chi connectivity index (χ4v) is 0.963. The largest absolute Gasteiger partial charge is 0.674 e. The Bertz CT molecular complexity index is 247. The normalized spacial score (nSPS) is 12.6. The van der Waals surface area contributed by atoms with E-state index in [0.717, 1.165) is 5.75 Å². The first-order chi connectivity index (χ1) is 5.72. The summed E-state index contributed by atoms with van der Waals surface area (Å²) in [6, 6.07) is 7.88. The Morgan fingerprint density at radius 1 is 1.50 bits per heavy atom. The first-order valence-electron chi connectivity index (χ1n) is 4.10. The van der Waals surface area contributed by atoms with Crippen LogP contribution >= 0.6 is 0 Å². The van der Waals surface area contributed by atoms with Crippen LogP contribution in [0.2, 0.25) is 0 Å². The van der Waals surface area contributed by atoms with Crippen LogP contribution < -0.4 is 4.74 Å². The first-order valence-corrected chi connectivity index (χ1v) is 4.10. The molecule has 0 heterocycles. The molecule has 1 rings (SSSR count). The zero-order valence-electron chi connectivity index (χ0n) is 7.50. The molecule has 0 spiro atoms. The summed E-state index contributed by atoms with van der Waals surface area (Å²) >= 11 is 0. The molecule has 1 N–H and O–H groups in total. The number of ether oxygens (including phenoxy) is 1. The Morgan fingerprint density at radius 2 is 2.25 bits per heavy atom. The van der Waals surface area contributed by atoms with E-state index in [-0.39, 0.29) is 6.10 Å². The highest BCUT2D eigenvalue weighted by Gasteiger charge is 1.97. The molecule has 66 valence electrons. The summed E-state index contributed by atoms with van der Waals surface area (Å²) in [6.45, 7) is 4.22. The lowest BCUT2D eigenvalue weighted by atomic mass is 10.2. The van der Waals surface area contributed by atoms with E-state index in [9.17, 15) is 0 Å². The van der Waals surface area contributed by atoms with Crippen LogP contribution in [-0.4, -0.2) is 12.6 Å². The predicted octanol–water partition coefficient (Wildman–Crippen LogP) is 2.81. The van der Waals surface area contributed by atoms with Gasteiger partial charge in [0.15, 0.2) is 0 Å². The zero-order valence-corrected chi connectivity index (χ0v) is 7.50. The Kier molecular flexibility index (Phi) is 3.11. The van der Waals surface area contributed by atoms with Gasteiger partial charge in [0.1, 0.15) is 5.75 Å². The number of hydrogen-bond donors (Lipinski definition) is 0. The fraction of sp³-hybridized carbons (Fsp3) is 0.400. The van der Waals surface area contributed by atoms with E-state index in [1.807, 2.05) is 38.1 Å². The maximum Gasteiger partial charge on any atom is 0.119 e. The minimum Gasteiger partial charge on any atom is -0.674 e. The van der Waals surface area contributed by atoms with E-state index in [1.165, 1.54) is 5.56 Å². The lowest BCUT2D eigenvalue weighted by Gasteiger charge is -2.16. The van der Waals surface area contributed by atoms with Crippen molar-refractivity contribution in [3.05, 3.63) is 35.6 Å². The molecule has 1 aromatic carbocycles. The van der Waals surface area contributed by atoms with Gasteiger partial charge < -0.3 is 10.5 Å². The highest BCUT2D eigenvalue weighted by Crippen LogP contribution is 2.13. The van der Waals surface area contributed by atoms with Crippen LogP contribution in [0.5, 0.6) is 5.75 Å². The van der Waals surface area contributed by atoms with E-state index in [0.29, 0.717) is 6.54 Å². The van der Waals surface area contributed by atoms with Gasteiger partial charge in [0.25, 0.3) is 0 Å². The van der Waals surface area contributed by atoms with E-state index in [4.69, 9.17) is 10.5 Å². The summed E-state index contributed by atoms with van der Waals surface area (Å²) in [5.41, 5.74) is 8.27. The van der Waals surface area contributed by atoms with Crippen molar-refractivity contribution in [2.75, 3.05) is 6.54 Å². The molecule has 1 atom stereocenters. The molecule has 0 aliphatic carbocycles. The Hall–Kier alpha value is -1.02. The van der Waals surface area contributed by atoms with Crippen molar-refractivity contribution in [3.63, 3.8) is 0 Å². The molecular weight excluding hydrogens is 150 g/mol. The third kappa shape index (κ3) is 2.55. The van der Waals surface area contributed by atoms with Crippen molar-refractivity contribution >= 4 is 0 Å². The average molecular weight is 164 g/mol. The summed E-state index contributed by atoms with van der Waals surface area (Å²) in [4.78, 5) is 0. The molecule has 0 unspecified atom stereocenters. The van der Waals surface area contributed by atoms with Crippen molar-refractivity contribution in [2.45, 2.75) is 20.0 Å². The summed E-state index contributed by atoms with van der Waals surface area (Å²) in [6.07, 6.45) is -0.0215. The van der Waals surface area contributed by atoms with Crippen LogP contribution in [0.3, 0.4) is 0 Å². The number of aryl methyl sites for hydroxylation is 1. The topological polar surface area (TPSA) is 33.0 Å². The van der Waals surface area contributed by atoms with Gasteiger partial charge in [-0.2, -0.15) is 0 Å². The third-order valence-corrected chi connectivity index (χ3v) is 1.61. The van der Waals surface area contributed by atoms with Gasteiger partial charge >= 0.3 is 0 Å². The second-order valence-corrected chi connectivity index (χ2v) is 2.95. The molecule has 0 bridgehead atoms. The molecule has 0 aliphatic rings. The second kappa shape index (κ2) is 4.12. The number of nitrogens with one attached hydrogen (secondary N) is 1. The maximum atomic E-state index is 7.09. The molecule has 0 saturated heterocycles. The van der Waals surface area contributed by atoms with Gasteiger partial charge in [0.2, 0.25) is 0 Å². The smallest absolute Gasteiger partial charge is 0.119 e. The van der Waals surface area contributed by atoms with E-state index in [2.05, 4.69) is 0 Å². The quantitative estimate of drug-likeness (QED) is 0.676. The standard InChI is InChI=1S/C10H14NO/c1-8-4-3-5-10(6-8)12-9(2)7-11/h3-6,9,11H,7H2,1-2H3/q-1/t9-/m0/s1. The summed E-state index contributed by atoms with van der Waals surface area (Å²) in [5, 5.41) is 0. The number of benzene rings is 1. The third-order valence-electron chi connectivity index (χ3n) is 1.61. The average Bonchev–Trinajstić information content (AvgIpc) is 2.04. The van der Waals surface area contributed by atoms with Gasteiger partial charge in [0.05, 0.1) is 6.10 Å². The Balaban J connectivity index is 2.63. The summed E-state index contributed by atoms with van der Waals surface area (Å²) in [5.74, 6) is 0.856. The molecule has 12 heavy (non-hydrogen) atoms. The maximum absolute atomic E-state index is 7.09. The van der Waals surface area contributed by atoms with Crippen molar-refractivity contribution in [3.8, 4) is 5.75 Å². The monoisotopic (exact) mass is 164 g/mol. The number of rotatable bonds is 3. The minimum absolute atomic E-state index is 0.0215. The number of hydrogen-bond acceptors (Lipinski definition) is 1. The molecular formula is C10H14NO-. The van der Waals surface area contributed by atoms with Gasteiger partial charge in [-0.15, -0.1) is 6.54 Å². The van der Waals surface area contributed by atoms with Crippen LogP contribution in [-0.2, 0) is 0 Å². The van der Waals surface area contributed by atoms with Gasteiger partial charge in [0, 0.05) is 0 Å². The first kappa shape index (κ1) is 9.07. The van der Waals surface area contributed by atoms with Gasteiger partial charge in [-0.05, 0) is 31.5 Å². The summed E-state index contributed by atoms with van der Waals surface area (Å²) < 4.78 is 5.46. The highest BCUT2D eigenvalue weighted by molar-refractivity contribution is 5.27. The van der Waals surface area contributed by atoms with Gasteiger partial charge in [-0.1, -0.05) is 12.1 Å². The van der Waals surface area contributed by atoms with Gasteiger partial charge in [-0.25, -0.2) is 0 Å². The Labute approximate surface area is 73.3 Å². The molecule has 0 radical (unpaired) electrons. The van der Waals surface area contributed by atoms with Crippen LogP contribution in [0.4, 0.5) is 0 Å². The lowest BCUT2D eigenvalue weighted by molar-refractivity contribution is 0.239. The van der Waals surface area contributed by atoms with Crippen LogP contribution in [0.25, 0.3) is 5.73 Å². The molecule has 0 amide bonds. The SMILES string of the molecule is Cc1cccc(O[C@@H](C)C[NH-])c1. The minimum atomic E-state index is -0.0215. The molecule has 2 heteroatoms. The predicted molar refractivity (Wildman–Crippen MR) is 50.5 cm³/mol. The van der Waals surface area contributed by atoms with Crippen molar-refractivity contribution in [1.29, 1.82) is 0 Å². The van der Waals surface area contributed by atoms with Crippen LogP contribution in [0, 0.1) is 6.92 Å². The molecule has 2 nitrogen and oxygen atoms in total. The van der Waals surface area contributed by atoms with E-state index >= 15 is 0 Å². The van der Waals surface area contributed by atoms with Crippen molar-refractivity contribution in [1.82, 2.24) is 0 Å². The van der Waals surface area contributed by atoms with E-state index < -0.39 is 0 Å². The molecule has 0 fully saturated rings. The molecule has 1 aromatic rings. The van der Waals surface area contributed by atoms with E-state index in [1.54, 1.807) is 0 Å². The molecule has 0 saturated carbocycles. The molecule has 0 aliphatic heterocycles. The second-order valence-electron chi connectivity index (χ2n) is 2.95. The fourth-order valence-electron chi connectivity index (χ4n) is 0.963. The molecule has 0 aromatic heterocycles. The zero-order chi connectivity index (χ0) is 8.97. The van der Waals surface area contributed by atoms with Crippen molar-refractivity contribution in [2.24, 2.45) is 0 Å². The van der Waals surface area contributed by atoms with Crippen molar-refractivity contribution < 1.29 is 4.74 Å². The van der Waals surface area contributed by atoms with Gasteiger partial charge in [-0.3, -0.25) is 0 Å². The van der Waals surface area contributed by atoms with Crippen LogP contribution in [0.1, 0.15) is 12.5 Å². The lowest BCUT2D eigenvalue weighted by Crippen LogP contribution is -2.13. The summed E-state index contributed by atoms with van der Waals surface area (Å²) in [7, 11) is 0. The highest BCUT2D eigenvalue weighted by atomic mass is 16.5. The van der Waals surface area contributed by atoms with Crippen LogP contribution in [0.15, 0.2) is 24.3 Å². The Morgan fingerprint density at radius 3 is 2.83 bits per heavy atom.